The van der Waals surface area contributed by atoms with E-state index in [4.69, 9.17) is 10.7 Å². The first kappa shape index (κ1) is 19.0. The van der Waals surface area contributed by atoms with Gasteiger partial charge < -0.3 is 16.0 Å². The molecule has 0 aromatic carbocycles. The average Bonchev–Trinajstić information content (AvgIpc) is 3.31. The van der Waals surface area contributed by atoms with Crippen molar-refractivity contribution in [2.45, 2.75) is 45.3 Å². The molecule has 5 heterocycles. The molecule has 1 amide bonds. The molecule has 2 aliphatic heterocycles. The van der Waals surface area contributed by atoms with Gasteiger partial charge in [0.1, 0.15) is 5.82 Å². The predicted molar refractivity (Wildman–Crippen MR) is 122 cm³/mol. The zero-order chi connectivity index (χ0) is 22.4. The third-order valence-electron chi connectivity index (χ3n) is 7.94. The van der Waals surface area contributed by atoms with Gasteiger partial charge in [-0.2, -0.15) is 5.10 Å². The highest BCUT2D eigenvalue weighted by Gasteiger charge is 2.81. The Morgan fingerprint density at radius 2 is 2.09 bits per heavy atom. The van der Waals surface area contributed by atoms with Gasteiger partial charge in [-0.15, -0.1) is 0 Å². The number of aryl methyl sites for hydroxylation is 2. The molecule has 3 N–H and O–H groups in total. The number of carbonyl (C=O) groups is 1. The fraction of sp³-hybridized carbons (Fsp3) is 0.458. The van der Waals surface area contributed by atoms with Gasteiger partial charge in [-0.3, -0.25) is 9.48 Å². The summed E-state index contributed by atoms with van der Waals surface area (Å²) in [6.45, 7) is 5.59. The van der Waals surface area contributed by atoms with Crippen LogP contribution < -0.4 is 16.0 Å². The van der Waals surface area contributed by atoms with Gasteiger partial charge in [-0.05, 0) is 61.6 Å². The van der Waals surface area contributed by atoms with Gasteiger partial charge in [-0.25, -0.2) is 15.0 Å². The number of nitrogens with zero attached hydrogens (tertiary/aromatic N) is 6. The van der Waals surface area contributed by atoms with Crippen molar-refractivity contribution in [2.24, 2.45) is 17.8 Å². The fourth-order valence-electron chi connectivity index (χ4n) is 6.04. The minimum Gasteiger partial charge on any atom is -0.383 e. The second kappa shape index (κ2) is 6.52. The van der Waals surface area contributed by atoms with Crippen molar-refractivity contribution in [1.82, 2.24) is 30.0 Å². The van der Waals surface area contributed by atoms with E-state index in [1.54, 1.807) is 17.1 Å². The van der Waals surface area contributed by atoms with Crippen LogP contribution in [0.5, 0.6) is 0 Å². The molecule has 2 bridgehead atoms. The van der Waals surface area contributed by atoms with Crippen LogP contribution in [0.1, 0.15) is 50.9 Å². The molecule has 2 saturated carbocycles. The first-order chi connectivity index (χ1) is 16.0. The van der Waals surface area contributed by atoms with Crippen molar-refractivity contribution in [3.63, 3.8) is 0 Å². The minimum absolute atomic E-state index is 0.0541. The third kappa shape index (κ3) is 2.87. The minimum atomic E-state index is -0.133. The van der Waals surface area contributed by atoms with Crippen LogP contribution in [0.25, 0.3) is 0 Å². The highest BCUT2D eigenvalue weighted by molar-refractivity contribution is 5.94. The number of carbonyl (C=O) groups excluding carboxylic acids is 1. The summed E-state index contributed by atoms with van der Waals surface area (Å²) >= 11 is 0. The summed E-state index contributed by atoms with van der Waals surface area (Å²) in [6, 6.07) is 2.67. The Bertz CT molecular complexity index is 1300. The maximum atomic E-state index is 12.9. The van der Waals surface area contributed by atoms with Crippen LogP contribution >= 0.6 is 0 Å². The molecule has 0 spiro atoms. The second-order valence-corrected chi connectivity index (χ2v) is 9.95. The SMILES string of the molecule is Cc1cc2c(c(N)n1)CC[C@H]2NC(=O)c1cnn(Cc2cnc(N3CC4C5C4C53)nc2C)c1. The highest BCUT2D eigenvalue weighted by Crippen LogP contribution is 2.75. The van der Waals surface area contributed by atoms with E-state index in [0.717, 1.165) is 71.2 Å². The lowest BCUT2D eigenvalue weighted by atomic mass is 10.1. The van der Waals surface area contributed by atoms with E-state index in [2.05, 4.69) is 25.3 Å². The van der Waals surface area contributed by atoms with Gasteiger partial charge in [0.15, 0.2) is 0 Å². The number of aromatic nitrogens is 5. The first-order valence-electron chi connectivity index (χ1n) is 11.7. The van der Waals surface area contributed by atoms with Gasteiger partial charge in [0.25, 0.3) is 5.91 Å². The Labute approximate surface area is 191 Å². The number of fused-ring (bicyclic) bond motifs is 2. The van der Waals surface area contributed by atoms with Crippen LogP contribution in [0.15, 0.2) is 24.7 Å². The molecule has 33 heavy (non-hydrogen) atoms. The largest absolute Gasteiger partial charge is 0.383 e. The number of hydrogen-bond acceptors (Lipinski definition) is 7. The first-order valence-corrected chi connectivity index (χ1v) is 11.7. The summed E-state index contributed by atoms with van der Waals surface area (Å²) in [7, 11) is 0. The van der Waals surface area contributed by atoms with Gasteiger partial charge in [0.05, 0.1) is 24.3 Å². The van der Waals surface area contributed by atoms with Gasteiger partial charge in [0.2, 0.25) is 5.95 Å². The number of nitrogens with one attached hydrogen (secondary N) is 1. The van der Waals surface area contributed by atoms with Crippen molar-refractivity contribution in [3.8, 4) is 0 Å². The number of pyridine rings is 1. The molecule has 3 aliphatic carbocycles. The summed E-state index contributed by atoms with van der Waals surface area (Å²) in [6.07, 6.45) is 6.95. The molecule has 0 radical (unpaired) electrons. The molecule has 8 rings (SSSR count). The van der Waals surface area contributed by atoms with Crippen LogP contribution in [-0.4, -0.2) is 43.2 Å². The normalized spacial score (nSPS) is 27.9. The standard InChI is InChI=1S/C24H26N8O/c1-11-5-16-15(22(25)28-11)3-4-18(16)30-23(33)14-7-27-31(9-14)8-13-6-26-24(29-12(13)2)32-10-17-19-20(17)21(19)32/h5-7,9,17-21H,3-4,8,10H2,1-2H3,(H2,25,28)(H,30,33)/t17?,18-,19?,20?,21?/m1/s1. The van der Waals surface area contributed by atoms with Crippen LogP contribution in [0.4, 0.5) is 11.8 Å². The van der Waals surface area contributed by atoms with E-state index >= 15 is 0 Å². The van der Waals surface area contributed by atoms with Crippen molar-refractivity contribution in [3.05, 3.63) is 58.3 Å². The van der Waals surface area contributed by atoms with E-state index in [9.17, 15) is 4.79 Å². The molecule has 9 nitrogen and oxygen atoms in total. The quantitative estimate of drug-likeness (QED) is 0.619. The van der Waals surface area contributed by atoms with Crippen LogP contribution in [0.3, 0.4) is 0 Å². The topological polar surface area (TPSA) is 115 Å². The number of piperidine rings is 1. The lowest BCUT2D eigenvalue weighted by Crippen LogP contribution is -2.27. The molecule has 3 atom stereocenters. The van der Waals surface area contributed by atoms with Crippen LogP contribution in [0, 0.1) is 31.6 Å². The zero-order valence-corrected chi connectivity index (χ0v) is 18.7. The molecular weight excluding hydrogens is 416 g/mol. The van der Waals surface area contributed by atoms with E-state index in [0.29, 0.717) is 24.0 Å². The highest BCUT2D eigenvalue weighted by atomic mass is 16.1. The van der Waals surface area contributed by atoms with E-state index < -0.39 is 0 Å². The maximum Gasteiger partial charge on any atom is 0.254 e. The summed E-state index contributed by atoms with van der Waals surface area (Å²) < 4.78 is 1.77. The van der Waals surface area contributed by atoms with Gasteiger partial charge >= 0.3 is 0 Å². The second-order valence-electron chi connectivity index (χ2n) is 9.95. The Morgan fingerprint density at radius 3 is 2.85 bits per heavy atom. The van der Waals surface area contributed by atoms with E-state index in [-0.39, 0.29) is 11.9 Å². The molecule has 3 aromatic heterocycles. The fourth-order valence-corrected chi connectivity index (χ4v) is 6.04. The molecule has 3 aromatic rings. The molecule has 9 heteroatoms. The Kier molecular flexibility index (Phi) is 3.76. The summed E-state index contributed by atoms with van der Waals surface area (Å²) in [4.78, 5) is 29.0. The zero-order valence-electron chi connectivity index (χ0n) is 18.7. The molecule has 5 aliphatic rings. The molecule has 2 saturated heterocycles. The molecular formula is C24H26N8O. The molecule has 168 valence electrons. The van der Waals surface area contributed by atoms with E-state index in [1.165, 1.54) is 0 Å². The third-order valence-corrected chi connectivity index (χ3v) is 7.94. The number of nitrogen functional groups attached to an aromatic ring is 1. The average molecular weight is 443 g/mol. The van der Waals surface area contributed by atoms with Gasteiger partial charge in [0, 0.05) is 41.9 Å². The van der Waals surface area contributed by atoms with Gasteiger partial charge in [-0.1, -0.05) is 0 Å². The number of rotatable bonds is 5. The number of nitrogens with two attached hydrogens (primary N) is 1. The summed E-state index contributed by atoms with van der Waals surface area (Å²) in [5, 5.41) is 7.54. The molecule has 4 fully saturated rings. The van der Waals surface area contributed by atoms with Crippen LogP contribution in [-0.2, 0) is 13.0 Å². The number of hydrogen-bond donors (Lipinski definition) is 2. The number of amides is 1. The van der Waals surface area contributed by atoms with Crippen molar-refractivity contribution < 1.29 is 4.79 Å². The maximum absolute atomic E-state index is 12.9. The Hall–Kier alpha value is -3.49. The van der Waals surface area contributed by atoms with Crippen LogP contribution in [0.2, 0.25) is 0 Å². The smallest absolute Gasteiger partial charge is 0.254 e. The lowest BCUT2D eigenvalue weighted by molar-refractivity contribution is 0.0936. The summed E-state index contributed by atoms with van der Waals surface area (Å²) in [5.74, 6) is 4.06. The lowest BCUT2D eigenvalue weighted by Gasteiger charge is -2.17. The monoisotopic (exact) mass is 442 g/mol. The predicted octanol–water partition coefficient (Wildman–Crippen LogP) is 1.80. The van der Waals surface area contributed by atoms with Crippen molar-refractivity contribution >= 4 is 17.7 Å². The Balaban J connectivity index is 1.04. The number of anilines is 2. The molecule has 2 unspecified atom stereocenters. The van der Waals surface area contributed by atoms with Crippen molar-refractivity contribution in [1.29, 1.82) is 0 Å². The Morgan fingerprint density at radius 1 is 1.24 bits per heavy atom. The van der Waals surface area contributed by atoms with Crippen molar-refractivity contribution in [2.75, 3.05) is 17.2 Å². The van der Waals surface area contributed by atoms with E-state index in [1.807, 2.05) is 26.1 Å². The summed E-state index contributed by atoms with van der Waals surface area (Å²) in [5.41, 5.74) is 11.6.